The van der Waals surface area contributed by atoms with Crippen molar-refractivity contribution in [1.29, 1.82) is 0 Å². The average Bonchev–Trinajstić information content (AvgIpc) is 2.79. The number of nitrogens with zero attached hydrogens (tertiary/aromatic N) is 1. The maximum atomic E-state index is 12.9. The summed E-state index contributed by atoms with van der Waals surface area (Å²) in [7, 11) is 0. The number of thiazole rings is 1. The summed E-state index contributed by atoms with van der Waals surface area (Å²) in [5.74, 6) is -0.190. The summed E-state index contributed by atoms with van der Waals surface area (Å²) in [6.45, 7) is 2.74. The fourth-order valence-corrected chi connectivity index (χ4v) is 2.11. The van der Waals surface area contributed by atoms with E-state index in [2.05, 4.69) is 17.2 Å². The molecule has 84 valence electrons. The molecule has 1 N–H and O–H groups in total. The molecular weight excluding hydrogens is 223 g/mol. The molecule has 1 heterocycles. The number of rotatable bonds is 4. The zero-order valence-corrected chi connectivity index (χ0v) is 9.80. The van der Waals surface area contributed by atoms with Crippen molar-refractivity contribution in [3.8, 4) is 0 Å². The van der Waals surface area contributed by atoms with Gasteiger partial charge in [0.05, 0.1) is 5.51 Å². The van der Waals surface area contributed by atoms with Gasteiger partial charge in [-0.25, -0.2) is 4.39 Å². The van der Waals surface area contributed by atoms with Gasteiger partial charge in [0, 0.05) is 23.7 Å². The van der Waals surface area contributed by atoms with Crippen LogP contribution in [0.25, 0.3) is 0 Å². The van der Waals surface area contributed by atoms with Crippen molar-refractivity contribution in [3.63, 3.8) is 0 Å². The summed E-state index contributed by atoms with van der Waals surface area (Å²) in [5.41, 5.74) is 2.77. The van der Waals surface area contributed by atoms with Crippen molar-refractivity contribution in [2.75, 3.05) is 0 Å². The van der Waals surface area contributed by atoms with Gasteiger partial charge in [-0.05, 0) is 24.6 Å². The van der Waals surface area contributed by atoms with Crippen LogP contribution in [0.15, 0.2) is 36.0 Å². The molecule has 1 atom stereocenters. The molecule has 1 aromatic heterocycles. The second-order valence-corrected chi connectivity index (χ2v) is 4.55. The van der Waals surface area contributed by atoms with E-state index in [0.717, 1.165) is 5.56 Å². The smallest absolute Gasteiger partial charge is 0.123 e. The maximum absolute atomic E-state index is 12.9. The summed E-state index contributed by atoms with van der Waals surface area (Å²) in [6, 6.07) is 6.89. The van der Waals surface area contributed by atoms with Crippen LogP contribution in [0, 0.1) is 5.82 Å². The van der Waals surface area contributed by atoms with Crippen LogP contribution in [0.5, 0.6) is 0 Å². The molecule has 0 aliphatic carbocycles. The lowest BCUT2D eigenvalue weighted by Crippen LogP contribution is -2.17. The molecule has 0 saturated carbocycles. The Labute approximate surface area is 98.2 Å². The Morgan fingerprint density at radius 3 is 3.06 bits per heavy atom. The number of hydrogen-bond donors (Lipinski definition) is 1. The highest BCUT2D eigenvalue weighted by molar-refractivity contribution is 7.09. The Morgan fingerprint density at radius 1 is 1.50 bits per heavy atom. The molecule has 0 spiro atoms. The lowest BCUT2D eigenvalue weighted by Gasteiger charge is -2.11. The SMILES string of the molecule is CC(NCc1cccc(F)c1)c1cncs1. The van der Waals surface area contributed by atoms with E-state index >= 15 is 0 Å². The highest BCUT2D eigenvalue weighted by Gasteiger charge is 2.06. The molecule has 2 nitrogen and oxygen atoms in total. The molecule has 1 unspecified atom stereocenters. The monoisotopic (exact) mass is 236 g/mol. The van der Waals surface area contributed by atoms with E-state index in [1.165, 1.54) is 10.9 Å². The minimum absolute atomic E-state index is 0.190. The summed E-state index contributed by atoms with van der Waals surface area (Å²) < 4.78 is 12.9. The normalized spacial score (nSPS) is 12.6. The van der Waals surface area contributed by atoms with E-state index in [1.807, 2.05) is 17.8 Å². The third-order valence-corrected chi connectivity index (χ3v) is 3.34. The van der Waals surface area contributed by atoms with Crippen molar-refractivity contribution in [2.45, 2.75) is 19.5 Å². The molecule has 4 heteroatoms. The molecule has 0 fully saturated rings. The predicted octanol–water partition coefficient (Wildman–Crippen LogP) is 3.13. The quantitative estimate of drug-likeness (QED) is 0.882. The first-order chi connectivity index (χ1) is 7.75. The highest BCUT2D eigenvalue weighted by Crippen LogP contribution is 2.16. The van der Waals surface area contributed by atoms with E-state index in [4.69, 9.17) is 0 Å². The second-order valence-electron chi connectivity index (χ2n) is 3.64. The summed E-state index contributed by atoms with van der Waals surface area (Å²) in [6.07, 6.45) is 1.86. The fraction of sp³-hybridized carbons (Fsp3) is 0.250. The first-order valence-corrected chi connectivity index (χ1v) is 6.00. The number of halogens is 1. The van der Waals surface area contributed by atoms with Gasteiger partial charge in [0.15, 0.2) is 0 Å². The molecule has 0 aliphatic rings. The number of hydrogen-bond acceptors (Lipinski definition) is 3. The van der Waals surface area contributed by atoms with Crippen LogP contribution in [-0.2, 0) is 6.54 Å². The fourth-order valence-electron chi connectivity index (χ4n) is 1.46. The first-order valence-electron chi connectivity index (χ1n) is 5.12. The largest absolute Gasteiger partial charge is 0.305 e. The molecule has 16 heavy (non-hydrogen) atoms. The lowest BCUT2D eigenvalue weighted by atomic mass is 10.2. The third-order valence-electron chi connectivity index (χ3n) is 2.38. The van der Waals surface area contributed by atoms with Gasteiger partial charge in [0.2, 0.25) is 0 Å². The molecule has 0 radical (unpaired) electrons. The Bertz CT molecular complexity index is 442. The van der Waals surface area contributed by atoms with E-state index < -0.39 is 0 Å². The highest BCUT2D eigenvalue weighted by atomic mass is 32.1. The standard InChI is InChI=1S/C12H13FN2S/c1-9(12-7-14-8-16-12)15-6-10-3-2-4-11(13)5-10/h2-5,7-9,15H,6H2,1H3. The molecule has 0 amide bonds. The summed E-state index contributed by atoms with van der Waals surface area (Å²) >= 11 is 1.62. The first kappa shape index (κ1) is 11.2. The van der Waals surface area contributed by atoms with Crippen molar-refractivity contribution in [2.24, 2.45) is 0 Å². The minimum Gasteiger partial charge on any atom is -0.305 e. The van der Waals surface area contributed by atoms with Crippen molar-refractivity contribution >= 4 is 11.3 Å². The molecule has 0 saturated heterocycles. The van der Waals surface area contributed by atoms with Crippen LogP contribution >= 0.6 is 11.3 Å². The van der Waals surface area contributed by atoms with Gasteiger partial charge in [0.1, 0.15) is 5.82 Å². The molecule has 2 rings (SSSR count). The van der Waals surface area contributed by atoms with Gasteiger partial charge in [-0.1, -0.05) is 12.1 Å². The molecule has 2 aromatic rings. The number of nitrogens with one attached hydrogen (secondary N) is 1. The topological polar surface area (TPSA) is 24.9 Å². The van der Waals surface area contributed by atoms with Gasteiger partial charge < -0.3 is 5.32 Å². The predicted molar refractivity (Wildman–Crippen MR) is 63.8 cm³/mol. The van der Waals surface area contributed by atoms with Gasteiger partial charge in [-0.15, -0.1) is 11.3 Å². The van der Waals surface area contributed by atoms with E-state index in [-0.39, 0.29) is 11.9 Å². The van der Waals surface area contributed by atoms with E-state index in [9.17, 15) is 4.39 Å². The second kappa shape index (κ2) is 5.18. The van der Waals surface area contributed by atoms with E-state index in [1.54, 1.807) is 23.5 Å². The maximum Gasteiger partial charge on any atom is 0.123 e. The number of aromatic nitrogens is 1. The van der Waals surface area contributed by atoms with Gasteiger partial charge in [-0.2, -0.15) is 0 Å². The van der Waals surface area contributed by atoms with Crippen LogP contribution in [0.3, 0.4) is 0 Å². The van der Waals surface area contributed by atoms with Crippen molar-refractivity contribution < 1.29 is 4.39 Å². The molecule has 1 aromatic carbocycles. The zero-order chi connectivity index (χ0) is 11.4. The summed E-state index contributed by atoms with van der Waals surface area (Å²) in [4.78, 5) is 5.22. The zero-order valence-electron chi connectivity index (χ0n) is 8.98. The molecule has 0 bridgehead atoms. The van der Waals surface area contributed by atoms with Gasteiger partial charge in [-0.3, -0.25) is 4.98 Å². The molecule has 0 aliphatic heterocycles. The number of benzene rings is 1. The molecular formula is C12H13FN2S. The minimum atomic E-state index is -0.190. The van der Waals surface area contributed by atoms with Crippen LogP contribution in [0.4, 0.5) is 4.39 Å². The van der Waals surface area contributed by atoms with Gasteiger partial charge in [0.25, 0.3) is 0 Å². The van der Waals surface area contributed by atoms with Crippen molar-refractivity contribution in [3.05, 3.63) is 52.2 Å². The Morgan fingerprint density at radius 2 is 2.38 bits per heavy atom. The lowest BCUT2D eigenvalue weighted by molar-refractivity contribution is 0.575. The summed E-state index contributed by atoms with van der Waals surface area (Å²) in [5, 5.41) is 3.33. The Balaban J connectivity index is 1.92. The van der Waals surface area contributed by atoms with Crippen LogP contribution in [0.2, 0.25) is 0 Å². The average molecular weight is 236 g/mol. The van der Waals surface area contributed by atoms with Crippen LogP contribution in [-0.4, -0.2) is 4.98 Å². The van der Waals surface area contributed by atoms with Gasteiger partial charge >= 0.3 is 0 Å². The van der Waals surface area contributed by atoms with E-state index in [0.29, 0.717) is 6.54 Å². The Kier molecular flexibility index (Phi) is 3.64. The van der Waals surface area contributed by atoms with Crippen LogP contribution in [0.1, 0.15) is 23.4 Å². The van der Waals surface area contributed by atoms with Crippen LogP contribution < -0.4 is 5.32 Å². The Hall–Kier alpha value is -1.26. The third kappa shape index (κ3) is 2.87. The van der Waals surface area contributed by atoms with Crippen molar-refractivity contribution in [1.82, 2.24) is 10.3 Å².